The molecule has 0 bridgehead atoms. The fourth-order valence-corrected chi connectivity index (χ4v) is 1.62. The summed E-state index contributed by atoms with van der Waals surface area (Å²) in [4.78, 5) is 13.5. The van der Waals surface area contributed by atoms with Crippen LogP contribution in [0.5, 0.6) is 0 Å². The van der Waals surface area contributed by atoms with E-state index < -0.39 is 29.1 Å². The van der Waals surface area contributed by atoms with Crippen molar-refractivity contribution >= 4 is 11.6 Å². The maximum absolute atomic E-state index is 13.4. The molecular formula is C15H8F4N2O. The summed E-state index contributed by atoms with van der Waals surface area (Å²) in [6.07, 6.45) is 0. The number of aromatic nitrogens is 1. The molecule has 112 valence electrons. The van der Waals surface area contributed by atoms with Crippen LogP contribution in [-0.4, -0.2) is 10.9 Å². The summed E-state index contributed by atoms with van der Waals surface area (Å²) in [5.74, 6) is -2.89. The van der Waals surface area contributed by atoms with Crippen LogP contribution in [0.25, 0.3) is 0 Å². The number of carbonyl (C=O) groups is 1. The predicted octanol–water partition coefficient (Wildman–Crippen LogP) is 3.00. The van der Waals surface area contributed by atoms with Crippen LogP contribution in [0.1, 0.15) is 18.1 Å². The minimum Gasteiger partial charge on any atom is -0.325 e. The lowest BCUT2D eigenvalue weighted by Crippen LogP contribution is -2.07. The highest BCUT2D eigenvalue weighted by molar-refractivity contribution is 5.90. The zero-order valence-corrected chi connectivity index (χ0v) is 11.2. The van der Waals surface area contributed by atoms with Crippen molar-refractivity contribution in [3.05, 3.63) is 58.9 Å². The zero-order valence-electron chi connectivity index (χ0n) is 11.2. The predicted molar refractivity (Wildman–Crippen MR) is 70.8 cm³/mol. The number of anilines is 1. The van der Waals surface area contributed by atoms with Crippen molar-refractivity contribution in [1.82, 2.24) is 4.98 Å². The number of halogens is 4. The van der Waals surface area contributed by atoms with E-state index in [1.807, 2.05) is 5.92 Å². The monoisotopic (exact) mass is 308 g/mol. The molecule has 0 spiro atoms. The average molecular weight is 308 g/mol. The zero-order chi connectivity index (χ0) is 16.3. The van der Waals surface area contributed by atoms with Crippen molar-refractivity contribution in [1.29, 1.82) is 0 Å². The first kappa shape index (κ1) is 15.5. The van der Waals surface area contributed by atoms with Gasteiger partial charge in [0.1, 0.15) is 5.56 Å². The van der Waals surface area contributed by atoms with E-state index in [2.05, 4.69) is 16.2 Å². The lowest BCUT2D eigenvalue weighted by atomic mass is 10.1. The molecule has 1 amide bonds. The summed E-state index contributed by atoms with van der Waals surface area (Å²) in [6, 6.07) is 6.19. The number of benzene rings is 1. The molecule has 0 unspecified atom stereocenters. The molecule has 1 heterocycles. The van der Waals surface area contributed by atoms with E-state index in [4.69, 9.17) is 0 Å². The molecule has 3 nitrogen and oxygen atoms in total. The second kappa shape index (κ2) is 6.26. The van der Waals surface area contributed by atoms with Gasteiger partial charge in [0, 0.05) is 12.5 Å². The molecular weight excluding hydrogens is 300 g/mol. The summed E-state index contributed by atoms with van der Waals surface area (Å²) >= 11 is 0. The number of amides is 1. The Hall–Kier alpha value is -2.88. The maximum atomic E-state index is 13.4. The SMILES string of the molecule is CC(=O)Nc1ccccc1C#Cc1c(F)c(F)nc(F)c1F. The van der Waals surface area contributed by atoms with Gasteiger partial charge in [-0.3, -0.25) is 4.79 Å². The molecule has 2 rings (SSSR count). The van der Waals surface area contributed by atoms with E-state index in [1.54, 1.807) is 12.1 Å². The van der Waals surface area contributed by atoms with Crippen LogP contribution in [0.15, 0.2) is 24.3 Å². The summed E-state index contributed by atoms with van der Waals surface area (Å²) < 4.78 is 52.8. The van der Waals surface area contributed by atoms with Gasteiger partial charge >= 0.3 is 0 Å². The van der Waals surface area contributed by atoms with Gasteiger partial charge in [-0.25, -0.2) is 8.78 Å². The Morgan fingerprint density at radius 3 is 2.23 bits per heavy atom. The Morgan fingerprint density at radius 2 is 1.64 bits per heavy atom. The van der Waals surface area contributed by atoms with E-state index >= 15 is 0 Å². The number of carbonyl (C=O) groups excluding carboxylic acids is 1. The lowest BCUT2D eigenvalue weighted by molar-refractivity contribution is -0.114. The number of hydrogen-bond acceptors (Lipinski definition) is 2. The van der Waals surface area contributed by atoms with Crippen molar-refractivity contribution in [3.8, 4) is 11.8 Å². The largest absolute Gasteiger partial charge is 0.325 e. The van der Waals surface area contributed by atoms with Gasteiger partial charge in [0.25, 0.3) is 11.9 Å². The molecule has 0 atom stereocenters. The summed E-state index contributed by atoms with van der Waals surface area (Å²) in [5.41, 5.74) is -0.532. The van der Waals surface area contributed by atoms with E-state index in [9.17, 15) is 22.4 Å². The highest BCUT2D eigenvalue weighted by Gasteiger charge is 2.19. The Kier molecular flexibility index (Phi) is 4.41. The third-order valence-corrected chi connectivity index (χ3v) is 2.56. The van der Waals surface area contributed by atoms with Crippen molar-refractivity contribution < 1.29 is 22.4 Å². The second-order valence-electron chi connectivity index (χ2n) is 4.17. The maximum Gasteiger partial charge on any atom is 0.253 e. The van der Waals surface area contributed by atoms with E-state index in [0.29, 0.717) is 5.69 Å². The first-order chi connectivity index (χ1) is 10.4. The van der Waals surface area contributed by atoms with Crippen molar-refractivity contribution in [2.24, 2.45) is 0 Å². The smallest absolute Gasteiger partial charge is 0.253 e. The average Bonchev–Trinajstić information content (AvgIpc) is 2.46. The minimum absolute atomic E-state index is 0.231. The lowest BCUT2D eigenvalue weighted by Gasteiger charge is -2.04. The van der Waals surface area contributed by atoms with Gasteiger partial charge in [0.15, 0.2) is 11.6 Å². The number of hydrogen-bond donors (Lipinski definition) is 1. The van der Waals surface area contributed by atoms with Gasteiger partial charge < -0.3 is 5.32 Å². The van der Waals surface area contributed by atoms with Crippen molar-refractivity contribution in [2.75, 3.05) is 5.32 Å². The Morgan fingerprint density at radius 1 is 1.05 bits per heavy atom. The number of nitrogens with one attached hydrogen (secondary N) is 1. The summed E-state index contributed by atoms with van der Waals surface area (Å²) in [6.45, 7) is 1.27. The Balaban J connectivity index is 2.51. The van der Waals surface area contributed by atoms with Gasteiger partial charge in [-0.15, -0.1) is 0 Å². The molecule has 0 saturated carbocycles. The number of nitrogens with zero attached hydrogens (tertiary/aromatic N) is 1. The van der Waals surface area contributed by atoms with Gasteiger partial charge in [-0.1, -0.05) is 24.0 Å². The minimum atomic E-state index is -1.78. The molecule has 0 aliphatic heterocycles. The summed E-state index contributed by atoms with van der Waals surface area (Å²) in [7, 11) is 0. The Bertz CT molecular complexity index is 783. The Labute approximate surface area is 123 Å². The van der Waals surface area contributed by atoms with Crippen LogP contribution in [-0.2, 0) is 4.79 Å². The third kappa shape index (κ3) is 3.23. The first-order valence-corrected chi connectivity index (χ1v) is 5.98. The fraction of sp³-hybridized carbons (Fsp3) is 0.0667. The van der Waals surface area contributed by atoms with Crippen LogP contribution >= 0.6 is 0 Å². The topological polar surface area (TPSA) is 42.0 Å². The second-order valence-corrected chi connectivity index (χ2v) is 4.17. The van der Waals surface area contributed by atoms with Gasteiger partial charge in [0.05, 0.1) is 5.69 Å². The molecule has 22 heavy (non-hydrogen) atoms. The summed E-state index contributed by atoms with van der Waals surface area (Å²) in [5, 5.41) is 2.47. The van der Waals surface area contributed by atoms with E-state index in [0.717, 1.165) is 0 Å². The third-order valence-electron chi connectivity index (χ3n) is 2.56. The van der Waals surface area contributed by atoms with Crippen LogP contribution in [0.4, 0.5) is 23.2 Å². The van der Waals surface area contributed by atoms with Crippen LogP contribution in [0.2, 0.25) is 0 Å². The van der Waals surface area contributed by atoms with E-state index in [-0.39, 0.29) is 11.5 Å². The fourth-order valence-electron chi connectivity index (χ4n) is 1.62. The molecule has 0 aliphatic rings. The van der Waals surface area contributed by atoms with Gasteiger partial charge in [-0.2, -0.15) is 13.8 Å². The number of rotatable bonds is 1. The van der Waals surface area contributed by atoms with Gasteiger partial charge in [0.2, 0.25) is 5.91 Å². The van der Waals surface area contributed by atoms with Crippen LogP contribution < -0.4 is 5.32 Å². The molecule has 0 radical (unpaired) electrons. The highest BCUT2D eigenvalue weighted by atomic mass is 19.2. The first-order valence-electron chi connectivity index (χ1n) is 5.98. The van der Waals surface area contributed by atoms with E-state index in [1.165, 1.54) is 19.1 Å². The molecule has 1 aromatic carbocycles. The van der Waals surface area contributed by atoms with Crippen molar-refractivity contribution in [2.45, 2.75) is 6.92 Å². The molecule has 7 heteroatoms. The molecule has 1 aromatic heterocycles. The molecule has 2 aromatic rings. The van der Waals surface area contributed by atoms with Crippen LogP contribution in [0, 0.1) is 35.4 Å². The number of para-hydroxylation sites is 1. The van der Waals surface area contributed by atoms with Crippen LogP contribution in [0.3, 0.4) is 0 Å². The molecule has 0 fully saturated rings. The van der Waals surface area contributed by atoms with Gasteiger partial charge in [-0.05, 0) is 12.1 Å². The van der Waals surface area contributed by atoms with Crippen molar-refractivity contribution in [3.63, 3.8) is 0 Å². The molecule has 1 N–H and O–H groups in total. The normalized spacial score (nSPS) is 9.86. The molecule has 0 saturated heterocycles. The standard InChI is InChI=1S/C15H8F4N2O/c1-8(22)20-11-5-3-2-4-9(11)6-7-10-12(16)14(18)21-15(19)13(10)17/h2-5H,1H3,(H,20,22). The highest BCUT2D eigenvalue weighted by Crippen LogP contribution is 2.17. The number of pyridine rings is 1. The molecule has 0 aliphatic carbocycles. The quantitative estimate of drug-likeness (QED) is 0.500.